The number of nitrogens with one attached hydrogen (secondary N) is 2. The average Bonchev–Trinajstić information content (AvgIpc) is 2.80. The summed E-state index contributed by atoms with van der Waals surface area (Å²) in [6, 6.07) is 0.166. The van der Waals surface area contributed by atoms with E-state index < -0.39 is 0 Å². The van der Waals surface area contributed by atoms with Crippen molar-refractivity contribution in [2.45, 2.75) is 46.1 Å². The fraction of sp³-hybridized carbons (Fsp3) is 0.714. The van der Waals surface area contributed by atoms with E-state index in [4.69, 9.17) is 4.52 Å². The highest BCUT2D eigenvalue weighted by Gasteiger charge is 2.25. The number of hydrogen-bond acceptors (Lipinski definition) is 4. The van der Waals surface area contributed by atoms with E-state index in [0.29, 0.717) is 29.4 Å². The maximum absolute atomic E-state index is 12.3. The van der Waals surface area contributed by atoms with Gasteiger partial charge in [-0.1, -0.05) is 12.1 Å². The molecule has 1 aliphatic rings. The number of carbonyl (C=O) groups is 1. The molecule has 2 rings (SSSR count). The SMILES string of the molecule is CCc1onc(C)c1C(=O)NC(C)C1CCCNC1.Cl. The largest absolute Gasteiger partial charge is 0.360 e. The highest BCUT2D eigenvalue weighted by Crippen LogP contribution is 2.17. The third-order valence-electron chi connectivity index (χ3n) is 3.88. The van der Waals surface area contributed by atoms with Gasteiger partial charge in [0, 0.05) is 12.5 Å². The van der Waals surface area contributed by atoms with Gasteiger partial charge in [0.25, 0.3) is 5.91 Å². The Morgan fingerprint density at radius 2 is 2.35 bits per heavy atom. The Hall–Kier alpha value is -1.07. The molecule has 114 valence electrons. The molecule has 1 saturated heterocycles. The van der Waals surface area contributed by atoms with Gasteiger partial charge >= 0.3 is 0 Å². The summed E-state index contributed by atoms with van der Waals surface area (Å²) < 4.78 is 5.17. The molecule has 1 amide bonds. The second-order valence-electron chi connectivity index (χ2n) is 5.29. The molecule has 0 aromatic carbocycles. The second kappa shape index (κ2) is 7.64. The number of amides is 1. The molecule has 1 fully saturated rings. The summed E-state index contributed by atoms with van der Waals surface area (Å²) in [6.45, 7) is 7.91. The molecular weight excluding hydrogens is 278 g/mol. The van der Waals surface area contributed by atoms with Gasteiger partial charge in [-0.05, 0) is 45.7 Å². The normalized spacial score (nSPS) is 20.1. The van der Waals surface area contributed by atoms with Crippen molar-refractivity contribution in [1.82, 2.24) is 15.8 Å². The van der Waals surface area contributed by atoms with Crippen molar-refractivity contribution in [1.29, 1.82) is 0 Å². The van der Waals surface area contributed by atoms with Gasteiger partial charge < -0.3 is 15.2 Å². The van der Waals surface area contributed by atoms with Crippen molar-refractivity contribution in [3.63, 3.8) is 0 Å². The van der Waals surface area contributed by atoms with Gasteiger partial charge in [0.1, 0.15) is 11.3 Å². The number of carbonyl (C=O) groups excluding carboxylic acids is 1. The summed E-state index contributed by atoms with van der Waals surface area (Å²) >= 11 is 0. The first kappa shape index (κ1) is 17.0. The quantitative estimate of drug-likeness (QED) is 0.893. The van der Waals surface area contributed by atoms with Gasteiger partial charge in [-0.15, -0.1) is 12.4 Å². The topological polar surface area (TPSA) is 67.2 Å². The van der Waals surface area contributed by atoms with Crippen molar-refractivity contribution in [2.24, 2.45) is 5.92 Å². The summed E-state index contributed by atoms with van der Waals surface area (Å²) in [7, 11) is 0. The van der Waals surface area contributed by atoms with Crippen molar-refractivity contribution < 1.29 is 9.32 Å². The van der Waals surface area contributed by atoms with Crippen molar-refractivity contribution in [3.8, 4) is 0 Å². The average molecular weight is 302 g/mol. The summed E-state index contributed by atoms with van der Waals surface area (Å²) in [6.07, 6.45) is 3.03. The van der Waals surface area contributed by atoms with E-state index in [1.165, 1.54) is 6.42 Å². The summed E-state index contributed by atoms with van der Waals surface area (Å²) in [4.78, 5) is 12.3. The number of halogens is 1. The minimum Gasteiger partial charge on any atom is -0.360 e. The van der Waals surface area contributed by atoms with Crippen molar-refractivity contribution in [2.75, 3.05) is 13.1 Å². The first-order chi connectivity index (χ1) is 9.13. The van der Waals surface area contributed by atoms with Crippen molar-refractivity contribution >= 4 is 18.3 Å². The minimum absolute atomic E-state index is 0. The third-order valence-corrected chi connectivity index (χ3v) is 3.88. The first-order valence-corrected chi connectivity index (χ1v) is 7.10. The van der Waals surface area contributed by atoms with E-state index in [9.17, 15) is 4.79 Å². The van der Waals surface area contributed by atoms with E-state index in [2.05, 4.69) is 22.7 Å². The molecule has 0 bridgehead atoms. The zero-order valence-corrected chi connectivity index (χ0v) is 13.2. The van der Waals surface area contributed by atoms with Crippen LogP contribution >= 0.6 is 12.4 Å². The van der Waals surface area contributed by atoms with Crippen LogP contribution in [0.5, 0.6) is 0 Å². The lowest BCUT2D eigenvalue weighted by Crippen LogP contribution is -2.44. The van der Waals surface area contributed by atoms with Crippen LogP contribution in [0.25, 0.3) is 0 Å². The van der Waals surface area contributed by atoms with Gasteiger partial charge in [0.15, 0.2) is 0 Å². The van der Waals surface area contributed by atoms with Crippen LogP contribution in [-0.4, -0.2) is 30.2 Å². The standard InChI is InChI=1S/C14H23N3O2.ClH/c1-4-12-13(10(3)17-19-12)14(18)16-9(2)11-6-5-7-15-8-11;/h9,11,15H,4-8H2,1-3H3,(H,16,18);1H. The first-order valence-electron chi connectivity index (χ1n) is 7.10. The Morgan fingerprint density at radius 1 is 1.60 bits per heavy atom. The third kappa shape index (κ3) is 3.73. The highest BCUT2D eigenvalue weighted by atomic mass is 35.5. The van der Waals surface area contributed by atoms with Crippen molar-refractivity contribution in [3.05, 3.63) is 17.0 Å². The Bertz CT molecular complexity index is 442. The number of aromatic nitrogens is 1. The van der Waals surface area contributed by atoms with Crippen LogP contribution in [0.1, 0.15) is 48.5 Å². The molecule has 5 nitrogen and oxygen atoms in total. The molecule has 2 heterocycles. The second-order valence-corrected chi connectivity index (χ2v) is 5.29. The number of nitrogens with zero attached hydrogens (tertiary/aromatic N) is 1. The van der Waals surface area contributed by atoms with Gasteiger partial charge in [-0.3, -0.25) is 4.79 Å². The molecule has 1 aliphatic heterocycles. The molecule has 0 spiro atoms. The van der Waals surface area contributed by atoms with E-state index >= 15 is 0 Å². The molecule has 0 aliphatic carbocycles. The maximum Gasteiger partial charge on any atom is 0.257 e. The predicted molar refractivity (Wildman–Crippen MR) is 80.4 cm³/mol. The molecule has 2 unspecified atom stereocenters. The molecule has 2 atom stereocenters. The van der Waals surface area contributed by atoms with Crippen LogP contribution in [0.2, 0.25) is 0 Å². The van der Waals surface area contributed by atoms with Gasteiger partial charge in [0.05, 0.1) is 5.69 Å². The predicted octanol–water partition coefficient (Wildman–Crippen LogP) is 2.09. The molecule has 0 saturated carbocycles. The van der Waals surface area contributed by atoms with Gasteiger partial charge in [-0.25, -0.2) is 0 Å². The Morgan fingerprint density at radius 3 is 2.95 bits per heavy atom. The number of aryl methyl sites for hydroxylation is 2. The van der Waals surface area contributed by atoms with Gasteiger partial charge in [0.2, 0.25) is 0 Å². The Balaban J connectivity index is 0.00000200. The minimum atomic E-state index is -0.0614. The highest BCUT2D eigenvalue weighted by molar-refractivity contribution is 5.96. The molecule has 0 radical (unpaired) electrons. The molecule has 1 aromatic rings. The van der Waals surface area contributed by atoms with Crippen LogP contribution in [0, 0.1) is 12.8 Å². The van der Waals surface area contributed by atoms with E-state index in [0.717, 1.165) is 19.5 Å². The fourth-order valence-corrected chi connectivity index (χ4v) is 2.65. The molecular formula is C14H24ClN3O2. The van der Waals surface area contributed by atoms with Crippen LogP contribution in [0.3, 0.4) is 0 Å². The summed E-state index contributed by atoms with van der Waals surface area (Å²) in [5.74, 6) is 1.11. The lowest BCUT2D eigenvalue weighted by atomic mass is 9.92. The van der Waals surface area contributed by atoms with Crippen LogP contribution in [0.4, 0.5) is 0 Å². The summed E-state index contributed by atoms with van der Waals surface area (Å²) in [5.41, 5.74) is 1.28. The number of rotatable bonds is 4. The zero-order valence-electron chi connectivity index (χ0n) is 12.4. The van der Waals surface area contributed by atoms with E-state index in [1.54, 1.807) is 0 Å². The molecule has 20 heavy (non-hydrogen) atoms. The Labute approximate surface area is 126 Å². The Kier molecular flexibility index (Phi) is 6.49. The van der Waals surface area contributed by atoms with Gasteiger partial charge in [-0.2, -0.15) is 0 Å². The molecule has 2 N–H and O–H groups in total. The van der Waals surface area contributed by atoms with E-state index in [-0.39, 0.29) is 24.4 Å². The monoisotopic (exact) mass is 301 g/mol. The summed E-state index contributed by atoms with van der Waals surface area (Å²) in [5, 5.41) is 10.3. The zero-order chi connectivity index (χ0) is 13.8. The number of piperidine rings is 1. The van der Waals surface area contributed by atoms with Crippen LogP contribution < -0.4 is 10.6 Å². The number of hydrogen-bond donors (Lipinski definition) is 2. The lowest BCUT2D eigenvalue weighted by Gasteiger charge is -2.28. The van der Waals surface area contributed by atoms with Crippen LogP contribution in [-0.2, 0) is 6.42 Å². The fourth-order valence-electron chi connectivity index (χ4n) is 2.65. The molecule has 6 heteroatoms. The molecule has 1 aromatic heterocycles. The lowest BCUT2D eigenvalue weighted by molar-refractivity contribution is 0.0919. The maximum atomic E-state index is 12.3. The van der Waals surface area contributed by atoms with E-state index in [1.807, 2.05) is 13.8 Å². The van der Waals surface area contributed by atoms with Crippen LogP contribution in [0.15, 0.2) is 4.52 Å². The smallest absolute Gasteiger partial charge is 0.257 e.